The topological polar surface area (TPSA) is 57.6 Å². The molecular weight excluding hydrogens is 256 g/mol. The van der Waals surface area contributed by atoms with Crippen LogP contribution >= 0.6 is 0 Å². The van der Waals surface area contributed by atoms with Gasteiger partial charge in [0.2, 0.25) is 0 Å². The van der Waals surface area contributed by atoms with Crippen molar-refractivity contribution in [2.45, 2.75) is 12.5 Å². The van der Waals surface area contributed by atoms with Gasteiger partial charge >= 0.3 is 5.97 Å². The Morgan fingerprint density at radius 3 is 2.68 bits per heavy atom. The van der Waals surface area contributed by atoms with Crippen LogP contribution in [0, 0.1) is 11.6 Å². The normalized spacial score (nSPS) is 18.1. The van der Waals surface area contributed by atoms with Gasteiger partial charge in [-0.15, -0.1) is 6.58 Å². The molecule has 0 bridgehead atoms. The molecule has 1 N–H and O–H groups in total. The third kappa shape index (κ3) is 2.21. The summed E-state index contributed by atoms with van der Waals surface area (Å²) in [5.41, 5.74) is 0.0840. The zero-order valence-corrected chi connectivity index (χ0v) is 9.90. The van der Waals surface area contributed by atoms with Crippen LogP contribution in [0.2, 0.25) is 0 Å². The Morgan fingerprint density at radius 1 is 1.47 bits per heavy atom. The molecule has 0 saturated heterocycles. The number of aliphatic carboxylic acids is 1. The zero-order valence-electron chi connectivity index (χ0n) is 9.90. The molecule has 6 heteroatoms. The maximum atomic E-state index is 13.3. The molecule has 19 heavy (non-hydrogen) atoms. The van der Waals surface area contributed by atoms with Crippen molar-refractivity contribution in [2.75, 3.05) is 11.4 Å². The van der Waals surface area contributed by atoms with Crippen LogP contribution in [0.25, 0.3) is 0 Å². The monoisotopic (exact) mass is 267 g/mol. The molecule has 4 nitrogen and oxygen atoms in total. The SMILES string of the molecule is C=CCN1c2cc(F)c(F)cc2C(=O)CC1C(=O)O. The first kappa shape index (κ1) is 13.2. The van der Waals surface area contributed by atoms with Crippen LogP contribution in [0.15, 0.2) is 24.8 Å². The minimum atomic E-state index is -1.19. The number of carbonyl (C=O) groups excluding carboxylic acids is 1. The Morgan fingerprint density at radius 2 is 2.11 bits per heavy atom. The van der Waals surface area contributed by atoms with Gasteiger partial charge in [0.1, 0.15) is 6.04 Å². The van der Waals surface area contributed by atoms with Crippen molar-refractivity contribution < 1.29 is 23.5 Å². The Bertz CT molecular complexity index is 571. The molecule has 0 radical (unpaired) electrons. The number of benzene rings is 1. The summed E-state index contributed by atoms with van der Waals surface area (Å²) >= 11 is 0. The minimum Gasteiger partial charge on any atom is -0.480 e. The molecule has 1 aliphatic rings. The molecule has 1 aliphatic heterocycles. The van der Waals surface area contributed by atoms with E-state index in [1.54, 1.807) is 0 Å². The molecule has 2 rings (SSSR count). The number of carbonyl (C=O) groups is 2. The first-order valence-electron chi connectivity index (χ1n) is 5.58. The third-order valence-electron chi connectivity index (χ3n) is 3.01. The van der Waals surface area contributed by atoms with Gasteiger partial charge in [0.05, 0.1) is 5.69 Å². The predicted octanol–water partition coefficient (Wildman–Crippen LogP) is 2.00. The van der Waals surface area contributed by atoms with Gasteiger partial charge < -0.3 is 10.0 Å². The van der Waals surface area contributed by atoms with Gasteiger partial charge in [0, 0.05) is 24.6 Å². The van der Waals surface area contributed by atoms with E-state index in [9.17, 15) is 18.4 Å². The molecule has 1 atom stereocenters. The molecule has 1 aromatic carbocycles. The summed E-state index contributed by atoms with van der Waals surface area (Å²) < 4.78 is 26.5. The minimum absolute atomic E-state index is 0.00162. The fourth-order valence-corrected chi connectivity index (χ4v) is 2.15. The second-order valence-corrected chi connectivity index (χ2v) is 4.21. The number of hydrogen-bond acceptors (Lipinski definition) is 3. The lowest BCUT2D eigenvalue weighted by Crippen LogP contribution is -2.46. The Hall–Kier alpha value is -2.24. The van der Waals surface area contributed by atoms with Gasteiger partial charge in [-0.05, 0) is 6.07 Å². The van der Waals surface area contributed by atoms with E-state index in [0.29, 0.717) is 0 Å². The fourth-order valence-electron chi connectivity index (χ4n) is 2.15. The first-order valence-corrected chi connectivity index (χ1v) is 5.58. The molecule has 100 valence electrons. The number of ketones is 1. The molecule has 0 aromatic heterocycles. The summed E-state index contributed by atoms with van der Waals surface area (Å²) in [6.07, 6.45) is 1.16. The smallest absolute Gasteiger partial charge is 0.326 e. The number of carboxylic acid groups (broad SMARTS) is 1. The highest BCUT2D eigenvalue weighted by Gasteiger charge is 2.36. The van der Waals surface area contributed by atoms with Gasteiger partial charge in [-0.25, -0.2) is 13.6 Å². The van der Waals surface area contributed by atoms with Crippen LogP contribution in [0.5, 0.6) is 0 Å². The van der Waals surface area contributed by atoms with E-state index in [0.717, 1.165) is 12.1 Å². The number of hydrogen-bond donors (Lipinski definition) is 1. The molecule has 0 spiro atoms. The van der Waals surface area contributed by atoms with E-state index in [2.05, 4.69) is 6.58 Å². The van der Waals surface area contributed by atoms with E-state index < -0.39 is 29.4 Å². The highest BCUT2D eigenvalue weighted by Crippen LogP contribution is 2.32. The number of rotatable bonds is 3. The molecule has 0 saturated carbocycles. The highest BCUT2D eigenvalue weighted by atomic mass is 19.2. The summed E-state index contributed by atoms with van der Waals surface area (Å²) in [6, 6.07) is 0.561. The van der Waals surface area contributed by atoms with Crippen molar-refractivity contribution in [2.24, 2.45) is 0 Å². The van der Waals surface area contributed by atoms with E-state index in [4.69, 9.17) is 5.11 Å². The molecule has 0 amide bonds. The number of halogens is 2. The van der Waals surface area contributed by atoms with Crippen LogP contribution in [-0.2, 0) is 4.79 Å². The zero-order chi connectivity index (χ0) is 14.2. The summed E-state index contributed by atoms with van der Waals surface area (Å²) in [6.45, 7) is 3.62. The fraction of sp³-hybridized carbons (Fsp3) is 0.231. The molecular formula is C13H11F2NO3. The summed E-state index contributed by atoms with van der Waals surface area (Å²) in [5, 5.41) is 9.11. The van der Waals surface area contributed by atoms with E-state index >= 15 is 0 Å². The lowest BCUT2D eigenvalue weighted by molar-refractivity contribution is -0.138. The van der Waals surface area contributed by atoms with Gasteiger partial charge in [-0.3, -0.25) is 4.79 Å². The molecule has 1 heterocycles. The largest absolute Gasteiger partial charge is 0.480 e. The Kier molecular flexibility index (Phi) is 3.33. The van der Waals surface area contributed by atoms with Crippen molar-refractivity contribution >= 4 is 17.4 Å². The van der Waals surface area contributed by atoms with Crippen LogP contribution in [0.1, 0.15) is 16.8 Å². The van der Waals surface area contributed by atoms with Crippen molar-refractivity contribution in [1.29, 1.82) is 0 Å². The van der Waals surface area contributed by atoms with E-state index in [1.165, 1.54) is 11.0 Å². The maximum Gasteiger partial charge on any atom is 0.326 e. The lowest BCUT2D eigenvalue weighted by atomic mass is 9.94. The van der Waals surface area contributed by atoms with Gasteiger partial charge in [-0.1, -0.05) is 6.08 Å². The maximum absolute atomic E-state index is 13.3. The molecule has 0 fully saturated rings. The number of anilines is 1. The van der Waals surface area contributed by atoms with Crippen molar-refractivity contribution in [3.8, 4) is 0 Å². The molecule has 1 unspecified atom stereocenters. The lowest BCUT2D eigenvalue weighted by Gasteiger charge is -2.35. The second-order valence-electron chi connectivity index (χ2n) is 4.21. The van der Waals surface area contributed by atoms with Gasteiger partial charge in [0.25, 0.3) is 0 Å². The summed E-state index contributed by atoms with van der Waals surface area (Å²) in [7, 11) is 0. The number of nitrogens with zero attached hydrogens (tertiary/aromatic N) is 1. The van der Waals surface area contributed by atoms with Crippen LogP contribution in [0.4, 0.5) is 14.5 Å². The third-order valence-corrected chi connectivity index (χ3v) is 3.01. The first-order chi connectivity index (χ1) is 8.95. The van der Waals surface area contributed by atoms with Crippen LogP contribution in [-0.4, -0.2) is 29.4 Å². The quantitative estimate of drug-likeness (QED) is 0.851. The average molecular weight is 267 g/mol. The van der Waals surface area contributed by atoms with Crippen molar-refractivity contribution in [3.05, 3.63) is 42.0 Å². The van der Waals surface area contributed by atoms with Crippen LogP contribution in [0.3, 0.4) is 0 Å². The highest BCUT2D eigenvalue weighted by molar-refractivity contribution is 6.06. The van der Waals surface area contributed by atoms with Gasteiger partial charge in [-0.2, -0.15) is 0 Å². The Balaban J connectivity index is 2.59. The predicted molar refractivity (Wildman–Crippen MR) is 64.3 cm³/mol. The standard InChI is InChI=1S/C13H11F2NO3/c1-2-3-16-10-5-9(15)8(14)4-7(10)12(17)6-11(16)13(18)19/h2,4-5,11H,1,3,6H2,(H,18,19). The summed E-state index contributed by atoms with van der Waals surface area (Å²) in [5.74, 6) is -3.95. The molecule has 0 aliphatic carbocycles. The number of carboxylic acids is 1. The van der Waals surface area contributed by atoms with Crippen molar-refractivity contribution in [3.63, 3.8) is 0 Å². The number of Topliss-reactive ketones (excluding diaryl/α,β-unsaturated/α-hetero) is 1. The molecule has 1 aromatic rings. The second kappa shape index (κ2) is 4.79. The van der Waals surface area contributed by atoms with Crippen molar-refractivity contribution in [1.82, 2.24) is 0 Å². The number of fused-ring (bicyclic) bond motifs is 1. The Labute approximate surface area is 107 Å². The van der Waals surface area contributed by atoms with Crippen LogP contribution < -0.4 is 4.90 Å². The van der Waals surface area contributed by atoms with E-state index in [1.807, 2.05) is 0 Å². The van der Waals surface area contributed by atoms with Gasteiger partial charge in [0.15, 0.2) is 17.4 Å². The average Bonchev–Trinajstić information content (AvgIpc) is 2.35. The summed E-state index contributed by atoms with van der Waals surface area (Å²) in [4.78, 5) is 24.3. The van der Waals surface area contributed by atoms with E-state index in [-0.39, 0.29) is 24.2 Å².